The fraction of sp³-hybridized carbons (Fsp3) is 0.459. The summed E-state index contributed by atoms with van der Waals surface area (Å²) in [7, 11) is 0. The van der Waals surface area contributed by atoms with Crippen molar-refractivity contribution >= 4 is 46.6 Å². The molecule has 4 aromatic rings. The van der Waals surface area contributed by atoms with Gasteiger partial charge in [-0.3, -0.25) is 19.2 Å². The third kappa shape index (κ3) is 18.3. The Morgan fingerprint density at radius 3 is 1.85 bits per heavy atom. The highest BCUT2D eigenvalue weighted by Gasteiger charge is 2.38. The molecule has 18 heteroatoms. The van der Waals surface area contributed by atoms with Gasteiger partial charge in [0.15, 0.2) is 0 Å². The van der Waals surface area contributed by atoms with Gasteiger partial charge in [0.05, 0.1) is 78.0 Å². The lowest BCUT2D eigenvalue weighted by atomic mass is 9.83. The zero-order valence-corrected chi connectivity index (χ0v) is 47.0. The Kier molecular flexibility index (Phi) is 23.1. The second-order valence-electron chi connectivity index (χ2n) is 21.0. The lowest BCUT2D eigenvalue weighted by Crippen LogP contribution is -2.48. The number of nitrogens with one attached hydrogen (secondary N) is 3. The number of alkyl halides is 2. The summed E-state index contributed by atoms with van der Waals surface area (Å²) in [4.78, 5) is 56.0. The van der Waals surface area contributed by atoms with E-state index in [0.717, 1.165) is 34.5 Å². The van der Waals surface area contributed by atoms with Gasteiger partial charge in [0.25, 0.3) is 17.7 Å². The van der Waals surface area contributed by atoms with Crippen LogP contribution in [-0.2, 0) is 44.0 Å². The molecule has 2 aliphatic heterocycles. The molecule has 0 radical (unpaired) electrons. The molecule has 2 unspecified atom stereocenters. The number of fused-ring (bicyclic) bond motifs is 1. The van der Waals surface area contributed by atoms with Crippen molar-refractivity contribution in [1.82, 2.24) is 15.5 Å². The van der Waals surface area contributed by atoms with Gasteiger partial charge in [-0.1, -0.05) is 87.5 Å². The van der Waals surface area contributed by atoms with E-state index in [1.807, 2.05) is 80.3 Å². The number of amides is 4. The largest absolute Gasteiger partial charge is 0.378 e. The predicted octanol–water partition coefficient (Wildman–Crippen LogP) is 10.0. The minimum atomic E-state index is -3.19. The van der Waals surface area contributed by atoms with Crippen molar-refractivity contribution in [1.29, 1.82) is 5.26 Å². The number of nitrogens with zero attached hydrogens (tertiary/aromatic N) is 3. The molecule has 0 spiro atoms. The SMILES string of the molecule is C=C(C)C(F)(F)c1ccc(C2CC(C(=O)NCCOCCOCCOCCOCCOCCNC(=O)c3ccc(-c4ccc5c(c4)[C@H](Nc4ccc(Cl)cc4)C[C@H](C)N5C(C)=O)cc3)CN(C(=O)/C(C#N)=C/C(C)(C)C)C2)cc1. The van der Waals surface area contributed by atoms with Crippen molar-refractivity contribution in [2.75, 3.05) is 102 Å². The Labute approximate surface area is 468 Å². The molecule has 4 aromatic carbocycles. The highest BCUT2D eigenvalue weighted by Crippen LogP contribution is 2.42. The molecule has 15 nitrogen and oxygen atoms in total. The summed E-state index contributed by atoms with van der Waals surface area (Å²) in [6, 6.07) is 29.0. The lowest BCUT2D eigenvalue weighted by Gasteiger charge is -2.39. The summed E-state index contributed by atoms with van der Waals surface area (Å²) in [5.74, 6) is -5.10. The van der Waals surface area contributed by atoms with Crippen LogP contribution in [0.15, 0.2) is 115 Å². The smallest absolute Gasteiger partial charge is 0.294 e. The van der Waals surface area contributed by atoms with Gasteiger partial charge in [0.1, 0.15) is 11.6 Å². The summed E-state index contributed by atoms with van der Waals surface area (Å²) in [5.41, 5.74) is 5.08. The van der Waals surface area contributed by atoms with Gasteiger partial charge >= 0.3 is 0 Å². The Morgan fingerprint density at radius 1 is 0.747 bits per heavy atom. The Balaban J connectivity index is 0.799. The fourth-order valence-electron chi connectivity index (χ4n) is 9.59. The van der Waals surface area contributed by atoms with Gasteiger partial charge in [-0.15, -0.1) is 0 Å². The average Bonchev–Trinajstić information content (AvgIpc) is 3.48. The first-order valence-corrected chi connectivity index (χ1v) is 27.2. The number of hydrogen-bond acceptors (Lipinski definition) is 11. The molecule has 3 N–H and O–H groups in total. The van der Waals surface area contributed by atoms with E-state index in [0.29, 0.717) is 88.6 Å². The minimum absolute atomic E-state index is 0.00582. The number of halogens is 3. The van der Waals surface area contributed by atoms with Crippen molar-refractivity contribution in [2.24, 2.45) is 11.3 Å². The molecule has 0 aromatic heterocycles. The van der Waals surface area contributed by atoms with Crippen LogP contribution in [-0.4, -0.2) is 127 Å². The van der Waals surface area contributed by atoms with Gasteiger partial charge in [-0.2, -0.15) is 14.0 Å². The second-order valence-corrected chi connectivity index (χ2v) is 21.4. The van der Waals surface area contributed by atoms with Crippen molar-refractivity contribution < 1.29 is 51.6 Å². The molecule has 2 heterocycles. The molecule has 4 atom stereocenters. The molecule has 424 valence electrons. The maximum Gasteiger partial charge on any atom is 0.294 e. The molecule has 6 rings (SSSR count). The second kappa shape index (κ2) is 29.6. The van der Waals surface area contributed by atoms with E-state index in [1.165, 1.54) is 24.0 Å². The molecule has 79 heavy (non-hydrogen) atoms. The number of ether oxygens (including phenoxy) is 5. The van der Waals surface area contributed by atoms with Gasteiger partial charge in [0, 0.05) is 72.6 Å². The van der Waals surface area contributed by atoms with E-state index >= 15 is 0 Å². The first kappa shape index (κ1) is 61.7. The standard InChI is InChI=1S/C61H75ClF2N6O9/c1-41(2)61(63,64)51-15-12-45(13-16-51)48-35-49(40-69(39-48)59(74)50(38-65)37-60(5,6)7)58(73)67-23-25-76-27-29-78-31-33-79-32-30-77-28-26-75-24-22-66-57(72)46-10-8-44(9-11-46)47-14-21-56-54(36-47)55(34-42(3)70(56)43(4)71)68-53-19-17-52(62)18-20-53/h8-21,36-37,42,48-49,55,68H,1,22-35,39-40H2,2-7H3,(H,66,72)(H,67,73)/b50-37+/t42-,48?,49?,55+/m0/s1. The fourth-order valence-corrected chi connectivity index (χ4v) is 9.71. The lowest BCUT2D eigenvalue weighted by molar-refractivity contribution is -0.133. The molecule has 0 aliphatic carbocycles. The number of allylic oxidation sites excluding steroid dienone is 2. The van der Waals surface area contributed by atoms with Crippen molar-refractivity contribution in [3.05, 3.63) is 142 Å². The van der Waals surface area contributed by atoms with E-state index in [4.69, 9.17) is 35.3 Å². The number of anilines is 2. The molecule has 0 saturated carbocycles. The normalized spacial score (nSPS) is 17.6. The molecular formula is C61H75ClF2N6O9. The molecule has 4 amide bonds. The number of piperidine rings is 1. The number of likely N-dealkylation sites (tertiary alicyclic amines) is 1. The van der Waals surface area contributed by atoms with Crippen LogP contribution in [0.1, 0.15) is 93.4 Å². The summed E-state index contributed by atoms with van der Waals surface area (Å²) >= 11 is 6.13. The van der Waals surface area contributed by atoms with Crippen molar-refractivity contribution in [2.45, 2.75) is 78.3 Å². The molecule has 2 aliphatic rings. The van der Waals surface area contributed by atoms with Crippen LogP contribution in [0.4, 0.5) is 20.2 Å². The van der Waals surface area contributed by atoms with Crippen LogP contribution < -0.4 is 20.9 Å². The Bertz CT molecular complexity index is 2760. The van der Waals surface area contributed by atoms with E-state index in [-0.39, 0.29) is 78.7 Å². The number of rotatable bonds is 27. The highest BCUT2D eigenvalue weighted by molar-refractivity contribution is 6.30. The summed E-state index contributed by atoms with van der Waals surface area (Å²) < 4.78 is 57.3. The van der Waals surface area contributed by atoms with E-state index in [1.54, 1.807) is 37.3 Å². The zero-order valence-electron chi connectivity index (χ0n) is 46.2. The highest BCUT2D eigenvalue weighted by atomic mass is 35.5. The van der Waals surface area contributed by atoms with Crippen LogP contribution in [0.25, 0.3) is 11.1 Å². The van der Waals surface area contributed by atoms with Crippen LogP contribution in [0, 0.1) is 22.7 Å². The molecular weight excluding hydrogens is 1030 g/mol. The van der Waals surface area contributed by atoms with E-state index < -0.39 is 23.2 Å². The zero-order chi connectivity index (χ0) is 57.1. The van der Waals surface area contributed by atoms with Crippen LogP contribution in [0.5, 0.6) is 0 Å². The minimum Gasteiger partial charge on any atom is -0.378 e. The monoisotopic (exact) mass is 1110 g/mol. The van der Waals surface area contributed by atoms with Crippen molar-refractivity contribution in [3.8, 4) is 17.2 Å². The predicted molar refractivity (Wildman–Crippen MR) is 302 cm³/mol. The molecule has 1 saturated heterocycles. The van der Waals surface area contributed by atoms with Gasteiger partial charge in [0.2, 0.25) is 11.8 Å². The average molecular weight is 1110 g/mol. The van der Waals surface area contributed by atoms with Gasteiger partial charge in [-0.05, 0) is 108 Å². The third-order valence-corrected chi connectivity index (χ3v) is 13.8. The van der Waals surface area contributed by atoms with Crippen molar-refractivity contribution in [3.63, 3.8) is 0 Å². The Hall–Kier alpha value is -6.52. The first-order valence-electron chi connectivity index (χ1n) is 26.8. The maximum absolute atomic E-state index is 14.7. The quantitative estimate of drug-likeness (QED) is 0.0224. The topological polar surface area (TPSA) is 181 Å². The number of carbonyl (C=O) groups is 4. The van der Waals surface area contributed by atoms with Gasteiger partial charge < -0.3 is 49.4 Å². The third-order valence-electron chi connectivity index (χ3n) is 13.6. The summed E-state index contributed by atoms with van der Waals surface area (Å²) in [6.07, 6.45) is 2.73. The van der Waals surface area contributed by atoms with Crippen LogP contribution >= 0.6 is 11.6 Å². The van der Waals surface area contributed by atoms with E-state index in [2.05, 4.69) is 35.5 Å². The number of hydrogen-bond donors (Lipinski definition) is 3. The van der Waals surface area contributed by atoms with Crippen LogP contribution in [0.3, 0.4) is 0 Å². The summed E-state index contributed by atoms with van der Waals surface area (Å²) in [6.45, 7) is 18.3. The molecule has 1 fully saturated rings. The number of nitriles is 1. The summed E-state index contributed by atoms with van der Waals surface area (Å²) in [5, 5.41) is 19.9. The number of benzene rings is 4. The van der Waals surface area contributed by atoms with Crippen LogP contribution in [0.2, 0.25) is 5.02 Å². The number of carbonyl (C=O) groups excluding carboxylic acids is 4. The van der Waals surface area contributed by atoms with E-state index in [9.17, 15) is 33.2 Å². The maximum atomic E-state index is 14.7. The Morgan fingerprint density at radius 2 is 1.30 bits per heavy atom. The molecule has 0 bridgehead atoms. The first-order chi connectivity index (χ1) is 37.7. The van der Waals surface area contributed by atoms with Gasteiger partial charge in [-0.25, -0.2) is 0 Å².